The van der Waals surface area contributed by atoms with Gasteiger partial charge >= 0.3 is 17.9 Å². The monoisotopic (exact) mass is 906 g/mol. The Bertz CT molecular complexity index is 2060. The van der Waals surface area contributed by atoms with Gasteiger partial charge in [0.2, 0.25) is 0 Å². The first-order valence-electron chi connectivity index (χ1n) is 21.3. The first kappa shape index (κ1) is 54.0. The van der Waals surface area contributed by atoms with Crippen LogP contribution in [-0.4, -0.2) is 68.0 Å². The lowest BCUT2D eigenvalue weighted by molar-refractivity contribution is -0.372. The minimum atomic E-state index is -0.228. The molecule has 0 unspecified atom stereocenters. The van der Waals surface area contributed by atoms with Gasteiger partial charge in [-0.05, 0) is 62.9 Å². The van der Waals surface area contributed by atoms with Crippen LogP contribution in [0.15, 0.2) is 164 Å². The second kappa shape index (κ2) is 33.4. The number of carbonyl (C=O) groups excluding carboxylic acids is 3. The average molecular weight is 908 g/mol. The minimum Gasteiger partial charge on any atom is -1.00 e. The van der Waals surface area contributed by atoms with Crippen LogP contribution in [0.5, 0.6) is 0 Å². The van der Waals surface area contributed by atoms with E-state index in [1.807, 2.05) is 141 Å². The van der Waals surface area contributed by atoms with Gasteiger partial charge in [0.15, 0.2) is 0 Å². The number of aliphatic hydroxyl groups is 1. The van der Waals surface area contributed by atoms with E-state index in [1.54, 1.807) is 0 Å². The maximum absolute atomic E-state index is 11.6. The Kier molecular flexibility index (Phi) is 28.2. The van der Waals surface area contributed by atoms with E-state index >= 15 is 0 Å². The van der Waals surface area contributed by atoms with Crippen molar-refractivity contribution < 1.29 is 53.3 Å². The maximum Gasteiger partial charge on any atom is 0.310 e. The Morgan fingerprint density at radius 3 is 1.09 bits per heavy atom. The molecular formula is C53H63ClN2O7S. The van der Waals surface area contributed by atoms with E-state index in [9.17, 15) is 14.4 Å². The van der Waals surface area contributed by atoms with Crippen LogP contribution in [0.1, 0.15) is 44.8 Å². The highest BCUT2D eigenvalue weighted by atomic mass is 35.5. The molecule has 6 aromatic rings. The molecule has 64 heavy (non-hydrogen) atoms. The molecule has 0 aromatic heterocycles. The Labute approximate surface area is 391 Å². The SMILES string of the molecule is CCCO.CCCOC(=O)Cc1ccc(-c2ccccc2)cc1.O=C(Cc1ccc(-c2ccccc2)cc1)OCCNC=S.[Cl-].[HH].[NH3+]CCOC(=O)Cc1ccc(-c2ccccc2)cc1. The second-order valence-electron chi connectivity index (χ2n) is 14.0. The highest BCUT2D eigenvalue weighted by Gasteiger charge is 2.07. The third kappa shape index (κ3) is 22.3. The van der Waals surface area contributed by atoms with Crippen molar-refractivity contribution in [2.75, 3.05) is 39.5 Å². The molecule has 0 aliphatic heterocycles. The number of rotatable bonds is 18. The van der Waals surface area contributed by atoms with E-state index in [0.717, 1.165) is 51.8 Å². The number of thiocarbonyl (C=S) groups is 1. The largest absolute Gasteiger partial charge is 1.00 e. The van der Waals surface area contributed by atoms with Crippen LogP contribution in [0.3, 0.4) is 0 Å². The van der Waals surface area contributed by atoms with Gasteiger partial charge < -0.3 is 42.8 Å². The van der Waals surface area contributed by atoms with Gasteiger partial charge in [-0.2, -0.15) is 0 Å². The van der Waals surface area contributed by atoms with E-state index in [1.165, 1.54) is 16.6 Å². The van der Waals surface area contributed by atoms with Gasteiger partial charge in [-0.15, -0.1) is 0 Å². The van der Waals surface area contributed by atoms with Crippen molar-refractivity contribution in [1.29, 1.82) is 0 Å². The van der Waals surface area contributed by atoms with Crippen molar-refractivity contribution in [3.63, 3.8) is 0 Å². The van der Waals surface area contributed by atoms with E-state index in [0.29, 0.717) is 52.4 Å². The van der Waals surface area contributed by atoms with Crippen LogP contribution in [0, 0.1) is 0 Å². The molecule has 9 nitrogen and oxygen atoms in total. The third-order valence-corrected chi connectivity index (χ3v) is 9.09. The van der Waals surface area contributed by atoms with E-state index in [4.69, 9.17) is 19.3 Å². The summed E-state index contributed by atoms with van der Waals surface area (Å²) in [6.45, 7) is 6.61. The molecule has 6 aromatic carbocycles. The quantitative estimate of drug-likeness (QED) is 0.0401. The van der Waals surface area contributed by atoms with Crippen molar-refractivity contribution >= 4 is 35.6 Å². The highest BCUT2D eigenvalue weighted by molar-refractivity contribution is 7.78. The zero-order valence-corrected chi connectivity index (χ0v) is 38.4. The average Bonchev–Trinajstić information content (AvgIpc) is 3.33. The number of halogens is 1. The number of hydrogen-bond donors (Lipinski definition) is 3. The smallest absolute Gasteiger partial charge is 0.310 e. The number of esters is 3. The summed E-state index contributed by atoms with van der Waals surface area (Å²) in [7, 11) is 0. The van der Waals surface area contributed by atoms with E-state index in [-0.39, 0.29) is 38.2 Å². The number of quaternary nitrogens is 1. The van der Waals surface area contributed by atoms with Gasteiger partial charge in [0.25, 0.3) is 0 Å². The Morgan fingerprint density at radius 2 is 0.812 bits per heavy atom. The van der Waals surface area contributed by atoms with Gasteiger partial charge in [-0.3, -0.25) is 14.4 Å². The molecule has 0 atom stereocenters. The fourth-order valence-corrected chi connectivity index (χ4v) is 5.79. The summed E-state index contributed by atoms with van der Waals surface area (Å²) in [4.78, 5) is 34.6. The maximum atomic E-state index is 11.6. The molecule has 340 valence electrons. The van der Waals surface area contributed by atoms with Crippen LogP contribution in [0.2, 0.25) is 0 Å². The second-order valence-corrected chi connectivity index (χ2v) is 14.3. The first-order valence-corrected chi connectivity index (χ1v) is 21.7. The minimum absolute atomic E-state index is 0. The summed E-state index contributed by atoms with van der Waals surface area (Å²) in [5.74, 6) is -0.584. The van der Waals surface area contributed by atoms with Crippen molar-refractivity contribution in [3.05, 3.63) is 180 Å². The standard InChI is InChI=1S/C17H17NO2S.C17H18O2.C16H17NO2.C3H8O.ClH.H2/c19-17(20-11-10-18-13-21)12-14-6-8-16(9-7-14)15-4-2-1-3-5-15;1-2-12-19-17(18)13-14-8-10-16(11-9-14)15-6-4-3-5-7-15;17-10-11-19-16(18)12-13-6-8-15(9-7-13)14-4-2-1-3-5-14;1-2-3-4;;/h1-9,13H,10-12H2,(H,18,21);3-11H,2,12-13H2,1H3;1-9H,10-12,17H2;4H,2-3H2,1H3;2*1H. The van der Waals surface area contributed by atoms with Gasteiger partial charge in [0, 0.05) is 14.6 Å². The predicted molar refractivity (Wildman–Crippen MR) is 259 cm³/mol. The Balaban J connectivity index is 0.000000461. The molecule has 6 rings (SSSR count). The lowest BCUT2D eigenvalue weighted by atomic mass is 10.0. The predicted octanol–water partition coefficient (Wildman–Crippen LogP) is 6.16. The van der Waals surface area contributed by atoms with Crippen molar-refractivity contribution in [1.82, 2.24) is 5.32 Å². The molecular weight excluding hydrogens is 844 g/mol. The molecule has 0 bridgehead atoms. The Morgan fingerprint density at radius 1 is 0.516 bits per heavy atom. The fraction of sp³-hybridized carbons (Fsp3) is 0.245. The molecule has 0 fully saturated rings. The van der Waals surface area contributed by atoms with Crippen molar-refractivity contribution in [3.8, 4) is 33.4 Å². The lowest BCUT2D eigenvalue weighted by Gasteiger charge is -2.06. The molecule has 0 spiro atoms. The van der Waals surface area contributed by atoms with Gasteiger partial charge in [0.05, 0.1) is 31.4 Å². The third-order valence-electron chi connectivity index (χ3n) is 8.92. The summed E-state index contributed by atoms with van der Waals surface area (Å²) >= 11 is 4.61. The highest BCUT2D eigenvalue weighted by Crippen LogP contribution is 2.22. The normalized spacial score (nSPS) is 9.75. The van der Waals surface area contributed by atoms with Crippen molar-refractivity contribution in [2.24, 2.45) is 0 Å². The molecule has 0 amide bonds. The van der Waals surface area contributed by atoms with Crippen LogP contribution in [0.25, 0.3) is 33.4 Å². The fourth-order valence-electron chi connectivity index (χ4n) is 5.67. The van der Waals surface area contributed by atoms with Crippen molar-refractivity contribution in [2.45, 2.75) is 46.0 Å². The first-order chi connectivity index (χ1) is 30.8. The zero-order chi connectivity index (χ0) is 45.3. The lowest BCUT2D eigenvalue weighted by Crippen LogP contribution is -3.00. The van der Waals surface area contributed by atoms with E-state index < -0.39 is 0 Å². The molecule has 0 aliphatic rings. The summed E-state index contributed by atoms with van der Waals surface area (Å²) in [6, 6.07) is 54.5. The van der Waals surface area contributed by atoms with Crippen LogP contribution in [0.4, 0.5) is 0 Å². The van der Waals surface area contributed by atoms with Crippen LogP contribution >= 0.6 is 12.2 Å². The topological polar surface area (TPSA) is 139 Å². The molecule has 11 heteroatoms. The number of carbonyl (C=O) groups is 3. The number of nitrogens with one attached hydrogen (secondary N) is 1. The van der Waals surface area contributed by atoms with Crippen LogP contribution < -0.4 is 23.5 Å². The summed E-state index contributed by atoms with van der Waals surface area (Å²) in [5.41, 5.74) is 14.9. The summed E-state index contributed by atoms with van der Waals surface area (Å²) in [5, 5.41) is 10.7. The number of ether oxygens (including phenoxy) is 3. The van der Waals surface area contributed by atoms with Gasteiger partial charge in [-0.1, -0.05) is 190 Å². The summed E-state index contributed by atoms with van der Waals surface area (Å²) in [6.07, 6.45) is 2.68. The zero-order valence-electron chi connectivity index (χ0n) is 36.8. The van der Waals surface area contributed by atoms with Gasteiger partial charge in [-0.25, -0.2) is 0 Å². The molecule has 0 saturated heterocycles. The molecule has 0 radical (unpaired) electrons. The number of benzene rings is 6. The molecule has 0 heterocycles. The molecule has 0 aliphatic carbocycles. The summed E-state index contributed by atoms with van der Waals surface area (Å²) < 4.78 is 15.2. The Hall–Kier alpha value is -6.17. The van der Waals surface area contributed by atoms with Crippen LogP contribution in [-0.2, 0) is 47.9 Å². The number of hydrogen-bond acceptors (Lipinski definition) is 8. The number of aliphatic hydroxyl groups excluding tert-OH is 1. The van der Waals surface area contributed by atoms with Gasteiger partial charge in [0.1, 0.15) is 19.8 Å². The molecule has 5 N–H and O–H groups in total. The van der Waals surface area contributed by atoms with E-state index in [2.05, 4.69) is 59.7 Å². The molecule has 0 saturated carbocycles.